The van der Waals surface area contributed by atoms with Crippen molar-refractivity contribution in [1.29, 1.82) is 0 Å². The SMILES string of the molecule is CC(=O)Nc1cc2c(nc1NC(C)=O)c1nc(NC(C)=O)c(NC(C)=O)nc1c1nc(NC(C)=O)c(NC(C)=O)nc21. The van der Waals surface area contributed by atoms with Crippen molar-refractivity contribution >= 4 is 103 Å². The van der Waals surface area contributed by atoms with Gasteiger partial charge in [-0.2, -0.15) is 0 Å². The minimum atomic E-state index is -0.510. The molecule has 0 saturated heterocycles. The summed E-state index contributed by atoms with van der Waals surface area (Å²) in [6, 6.07) is 1.47. The topological polar surface area (TPSA) is 239 Å². The molecule has 4 rings (SSSR count). The van der Waals surface area contributed by atoms with E-state index in [1.807, 2.05) is 0 Å². The van der Waals surface area contributed by atoms with Crippen LogP contribution in [-0.2, 0) is 28.8 Å². The number of fused-ring (bicyclic) bond motifs is 6. The predicted octanol–water partition coefficient (Wildman–Crippen LogP) is 1.87. The van der Waals surface area contributed by atoms with E-state index in [4.69, 9.17) is 0 Å². The number of anilines is 6. The summed E-state index contributed by atoms with van der Waals surface area (Å²) >= 11 is 0. The van der Waals surface area contributed by atoms with Crippen molar-refractivity contribution in [3.05, 3.63) is 6.07 Å². The molecule has 0 bridgehead atoms. The normalized spacial score (nSPS) is 10.7. The second kappa shape index (κ2) is 11.3. The molecular formula is C25H25N11O6. The summed E-state index contributed by atoms with van der Waals surface area (Å²) in [5.74, 6) is -3.41. The third-order valence-corrected chi connectivity index (χ3v) is 5.30. The zero-order valence-electron chi connectivity index (χ0n) is 23.3. The Balaban J connectivity index is 2.27. The van der Waals surface area contributed by atoms with Gasteiger partial charge in [-0.25, -0.2) is 24.9 Å². The largest absolute Gasteiger partial charge is 0.323 e. The Kier molecular flexibility index (Phi) is 7.85. The van der Waals surface area contributed by atoms with Crippen LogP contribution in [0.2, 0.25) is 0 Å². The van der Waals surface area contributed by atoms with E-state index >= 15 is 0 Å². The summed E-state index contributed by atoms with van der Waals surface area (Å²) in [6.07, 6.45) is 0. The number of benzene rings is 1. The van der Waals surface area contributed by atoms with Crippen molar-refractivity contribution in [1.82, 2.24) is 24.9 Å². The zero-order chi connectivity index (χ0) is 30.9. The number of carbonyl (C=O) groups is 6. The maximum atomic E-state index is 12.0. The van der Waals surface area contributed by atoms with Crippen LogP contribution in [0.1, 0.15) is 41.5 Å². The van der Waals surface area contributed by atoms with Gasteiger partial charge in [-0.05, 0) is 6.07 Å². The fourth-order valence-corrected chi connectivity index (χ4v) is 3.99. The van der Waals surface area contributed by atoms with E-state index in [1.54, 1.807) is 0 Å². The highest BCUT2D eigenvalue weighted by molar-refractivity contribution is 6.22. The number of aromatic nitrogens is 5. The van der Waals surface area contributed by atoms with Gasteiger partial charge in [0.1, 0.15) is 27.6 Å². The summed E-state index contributed by atoms with van der Waals surface area (Å²) in [4.78, 5) is 94.5. The third kappa shape index (κ3) is 6.14. The zero-order valence-corrected chi connectivity index (χ0v) is 23.3. The van der Waals surface area contributed by atoms with Crippen LogP contribution in [0.3, 0.4) is 0 Å². The number of amides is 6. The van der Waals surface area contributed by atoms with Crippen LogP contribution in [-0.4, -0.2) is 60.4 Å². The molecular weight excluding hydrogens is 550 g/mol. The molecule has 6 amide bonds. The molecule has 1 aromatic carbocycles. The standard InChI is InChI=1S/C25H25N11O6/c1-8(37)26-15-7-14-16(32-21(15)27-9(2)38)18-20(36-25(31-13(6)42)24(34-18)30-12(5)41)19-17(14)33-22(28-10(3)39)23(35-19)29-11(4)40/h7H,1-6H3,(H,26,37)(H,27,32,38)(H,28,33,39)(H,29,35,40)(H,30,34,41)(H,31,36,42). The second-order valence-corrected chi connectivity index (χ2v) is 9.10. The number of nitrogens with zero attached hydrogens (tertiary/aromatic N) is 5. The highest BCUT2D eigenvalue weighted by Crippen LogP contribution is 2.38. The van der Waals surface area contributed by atoms with E-state index in [-0.39, 0.29) is 67.7 Å². The van der Waals surface area contributed by atoms with Gasteiger partial charge in [0.2, 0.25) is 35.4 Å². The molecule has 42 heavy (non-hydrogen) atoms. The molecule has 17 nitrogen and oxygen atoms in total. The minimum Gasteiger partial charge on any atom is -0.323 e. The van der Waals surface area contributed by atoms with E-state index in [9.17, 15) is 28.8 Å². The van der Waals surface area contributed by atoms with Gasteiger partial charge in [-0.15, -0.1) is 0 Å². The molecule has 6 N–H and O–H groups in total. The molecule has 0 aliphatic rings. The van der Waals surface area contributed by atoms with E-state index in [0.717, 1.165) is 0 Å². The van der Waals surface area contributed by atoms with Gasteiger partial charge in [0.15, 0.2) is 29.1 Å². The Bertz CT molecular complexity index is 1500. The van der Waals surface area contributed by atoms with Crippen molar-refractivity contribution in [2.24, 2.45) is 0 Å². The van der Waals surface area contributed by atoms with E-state index in [0.29, 0.717) is 0 Å². The third-order valence-electron chi connectivity index (χ3n) is 5.30. The number of pyridine rings is 1. The Morgan fingerprint density at radius 3 is 1.00 bits per heavy atom. The Labute approximate surface area is 236 Å². The van der Waals surface area contributed by atoms with Crippen molar-refractivity contribution in [3.8, 4) is 0 Å². The van der Waals surface area contributed by atoms with Gasteiger partial charge in [-0.1, -0.05) is 0 Å². The Hall–Kier alpha value is -5.87. The second-order valence-electron chi connectivity index (χ2n) is 9.10. The van der Waals surface area contributed by atoms with Crippen LogP contribution >= 0.6 is 0 Å². The number of hydrogen-bond donors (Lipinski definition) is 6. The average molecular weight is 576 g/mol. The molecule has 216 valence electrons. The Morgan fingerprint density at radius 1 is 0.405 bits per heavy atom. The molecule has 4 aromatic rings. The lowest BCUT2D eigenvalue weighted by molar-refractivity contribution is -0.115. The first-order valence-corrected chi connectivity index (χ1v) is 12.3. The number of rotatable bonds is 6. The average Bonchev–Trinajstić information content (AvgIpc) is 2.84. The van der Waals surface area contributed by atoms with Gasteiger partial charge in [0.25, 0.3) is 0 Å². The number of hydrogen-bond acceptors (Lipinski definition) is 11. The van der Waals surface area contributed by atoms with Crippen LogP contribution in [0.25, 0.3) is 33.0 Å². The van der Waals surface area contributed by atoms with E-state index < -0.39 is 35.4 Å². The van der Waals surface area contributed by atoms with E-state index in [2.05, 4.69) is 56.8 Å². The fourth-order valence-electron chi connectivity index (χ4n) is 3.99. The molecule has 0 aliphatic carbocycles. The van der Waals surface area contributed by atoms with Gasteiger partial charge in [-0.3, -0.25) is 28.8 Å². The lowest BCUT2D eigenvalue weighted by atomic mass is 10.1. The van der Waals surface area contributed by atoms with Gasteiger partial charge < -0.3 is 31.9 Å². The Morgan fingerprint density at radius 2 is 0.667 bits per heavy atom. The molecule has 0 atom stereocenters. The van der Waals surface area contributed by atoms with Crippen molar-refractivity contribution < 1.29 is 28.8 Å². The molecule has 0 aliphatic heterocycles. The smallest absolute Gasteiger partial charge is 0.222 e. The van der Waals surface area contributed by atoms with Crippen molar-refractivity contribution in [2.45, 2.75) is 41.5 Å². The highest BCUT2D eigenvalue weighted by atomic mass is 16.2. The molecule has 0 saturated carbocycles. The summed E-state index contributed by atoms with van der Waals surface area (Å²) in [5, 5.41) is 15.5. The fraction of sp³-hybridized carbons (Fsp3) is 0.240. The lowest BCUT2D eigenvalue weighted by Crippen LogP contribution is -2.17. The molecule has 0 unspecified atom stereocenters. The highest BCUT2D eigenvalue weighted by Gasteiger charge is 2.24. The van der Waals surface area contributed by atoms with Crippen LogP contribution in [0, 0.1) is 0 Å². The first-order valence-electron chi connectivity index (χ1n) is 12.3. The summed E-state index contributed by atoms with van der Waals surface area (Å²) in [5.41, 5.74) is 0.499. The quantitative estimate of drug-likeness (QED) is 0.181. The molecule has 17 heteroatoms. The molecule has 0 fully saturated rings. The van der Waals surface area contributed by atoms with Crippen molar-refractivity contribution in [2.75, 3.05) is 31.9 Å². The molecule has 0 radical (unpaired) electrons. The van der Waals surface area contributed by atoms with Gasteiger partial charge in [0, 0.05) is 46.9 Å². The number of carbonyl (C=O) groups excluding carboxylic acids is 6. The summed E-state index contributed by atoms with van der Waals surface area (Å²) < 4.78 is 0. The van der Waals surface area contributed by atoms with Crippen molar-refractivity contribution in [3.63, 3.8) is 0 Å². The first kappa shape index (κ1) is 29.1. The van der Waals surface area contributed by atoms with E-state index in [1.165, 1.54) is 47.6 Å². The maximum absolute atomic E-state index is 12.0. The molecule has 0 spiro atoms. The van der Waals surface area contributed by atoms with Crippen LogP contribution in [0.15, 0.2) is 6.07 Å². The first-order chi connectivity index (χ1) is 19.7. The lowest BCUT2D eigenvalue weighted by Gasteiger charge is -2.17. The minimum absolute atomic E-state index is 0.0235. The predicted molar refractivity (Wildman–Crippen MR) is 154 cm³/mol. The molecule has 3 aromatic heterocycles. The maximum Gasteiger partial charge on any atom is 0.222 e. The summed E-state index contributed by atoms with van der Waals surface area (Å²) in [7, 11) is 0. The molecule has 3 heterocycles. The van der Waals surface area contributed by atoms with Gasteiger partial charge >= 0.3 is 0 Å². The van der Waals surface area contributed by atoms with Crippen LogP contribution < -0.4 is 31.9 Å². The van der Waals surface area contributed by atoms with Crippen LogP contribution in [0.4, 0.5) is 34.8 Å². The van der Waals surface area contributed by atoms with Gasteiger partial charge in [0.05, 0.1) is 5.69 Å². The monoisotopic (exact) mass is 575 g/mol. The summed E-state index contributed by atoms with van der Waals surface area (Å²) in [6.45, 7) is 7.48. The number of nitrogens with one attached hydrogen (secondary N) is 6. The van der Waals surface area contributed by atoms with Crippen LogP contribution in [0.5, 0.6) is 0 Å².